The molecule has 2 rings (SSSR count). The number of aromatic nitrogens is 1. The largest absolute Gasteiger partial charge is 0.350 e. The summed E-state index contributed by atoms with van der Waals surface area (Å²) in [5.41, 5.74) is 0.154. The predicted octanol–water partition coefficient (Wildman–Crippen LogP) is 3.06. The van der Waals surface area contributed by atoms with Gasteiger partial charge in [0.05, 0.1) is 0 Å². The second kappa shape index (κ2) is 7.28. The monoisotopic (exact) mass is 339 g/mol. The number of carbonyl (C=O) groups excluding carboxylic acids is 2. The fourth-order valence-corrected chi connectivity index (χ4v) is 2.32. The second-order valence-electron chi connectivity index (χ2n) is 5.22. The average molecular weight is 339 g/mol. The highest BCUT2D eigenvalue weighted by atomic mass is 32.1. The number of amides is 2. The smallest absolute Gasteiger partial charge is 0.270 e. The first kappa shape index (κ1) is 17.0. The van der Waals surface area contributed by atoms with E-state index in [0.717, 1.165) is 29.5 Å². The predicted molar refractivity (Wildman–Crippen MR) is 83.6 cm³/mol. The molecule has 1 aromatic carbocycles. The van der Waals surface area contributed by atoms with Crippen molar-refractivity contribution >= 4 is 28.3 Å². The molecule has 2 N–H and O–H groups in total. The van der Waals surface area contributed by atoms with Crippen molar-refractivity contribution in [2.45, 2.75) is 13.8 Å². The van der Waals surface area contributed by atoms with Gasteiger partial charge < -0.3 is 5.32 Å². The Morgan fingerprint density at radius 2 is 1.96 bits per heavy atom. The highest BCUT2D eigenvalue weighted by Gasteiger charge is 2.14. The first-order chi connectivity index (χ1) is 10.9. The van der Waals surface area contributed by atoms with Crippen LogP contribution in [0.3, 0.4) is 0 Å². The van der Waals surface area contributed by atoms with Gasteiger partial charge >= 0.3 is 0 Å². The maximum atomic E-state index is 13.1. The van der Waals surface area contributed by atoms with Crippen LogP contribution in [0.5, 0.6) is 0 Å². The Labute approximate surface area is 135 Å². The molecule has 23 heavy (non-hydrogen) atoms. The normalized spacial score (nSPS) is 10.7. The Morgan fingerprint density at radius 1 is 1.22 bits per heavy atom. The molecule has 0 unspecified atom stereocenters. The molecule has 0 bridgehead atoms. The number of rotatable bonds is 5. The topological polar surface area (TPSA) is 71.1 Å². The van der Waals surface area contributed by atoms with Crippen molar-refractivity contribution in [3.05, 3.63) is 46.5 Å². The molecular weight excluding hydrogens is 324 g/mol. The molecule has 5 nitrogen and oxygen atoms in total. The summed E-state index contributed by atoms with van der Waals surface area (Å²) in [6.45, 7) is 4.45. The Balaban J connectivity index is 2.02. The van der Waals surface area contributed by atoms with Crippen LogP contribution in [-0.4, -0.2) is 23.3 Å². The van der Waals surface area contributed by atoms with Crippen molar-refractivity contribution in [3.63, 3.8) is 0 Å². The summed E-state index contributed by atoms with van der Waals surface area (Å²) in [6.07, 6.45) is 0. The number of nitrogens with one attached hydrogen (secondary N) is 2. The van der Waals surface area contributed by atoms with Gasteiger partial charge in [-0.15, -0.1) is 11.3 Å². The van der Waals surface area contributed by atoms with E-state index in [4.69, 9.17) is 0 Å². The summed E-state index contributed by atoms with van der Waals surface area (Å²) >= 11 is 1.07. The Hall–Kier alpha value is -2.35. The van der Waals surface area contributed by atoms with Crippen LogP contribution < -0.4 is 10.6 Å². The molecule has 0 atom stereocenters. The molecule has 1 aromatic heterocycles. The van der Waals surface area contributed by atoms with Crippen molar-refractivity contribution in [2.75, 3.05) is 11.9 Å². The van der Waals surface area contributed by atoms with E-state index in [1.54, 1.807) is 0 Å². The molecule has 0 aliphatic carbocycles. The zero-order chi connectivity index (χ0) is 17.0. The van der Waals surface area contributed by atoms with Gasteiger partial charge in [0.2, 0.25) is 0 Å². The molecule has 1 heterocycles. The molecule has 0 saturated heterocycles. The zero-order valence-electron chi connectivity index (χ0n) is 12.5. The van der Waals surface area contributed by atoms with Gasteiger partial charge in [0.1, 0.15) is 5.69 Å². The minimum Gasteiger partial charge on any atom is -0.350 e. The molecular formula is C15H15F2N3O2S. The summed E-state index contributed by atoms with van der Waals surface area (Å²) in [4.78, 5) is 27.8. The number of carbonyl (C=O) groups is 2. The van der Waals surface area contributed by atoms with Crippen LogP contribution >= 0.6 is 11.3 Å². The van der Waals surface area contributed by atoms with Gasteiger partial charge in [-0.25, -0.2) is 13.8 Å². The SMILES string of the molecule is CC(C)CNC(=O)c1csc(NC(=O)c2ccc(F)c(F)c2)n1. The second-order valence-corrected chi connectivity index (χ2v) is 6.08. The lowest BCUT2D eigenvalue weighted by atomic mass is 10.2. The van der Waals surface area contributed by atoms with Crippen LogP contribution in [0.25, 0.3) is 0 Å². The number of nitrogens with zero attached hydrogens (tertiary/aromatic N) is 1. The van der Waals surface area contributed by atoms with Crippen molar-refractivity contribution < 1.29 is 18.4 Å². The van der Waals surface area contributed by atoms with Gasteiger partial charge in [0.15, 0.2) is 16.8 Å². The van der Waals surface area contributed by atoms with Crippen molar-refractivity contribution in [3.8, 4) is 0 Å². The van der Waals surface area contributed by atoms with Crippen LogP contribution in [0, 0.1) is 17.6 Å². The van der Waals surface area contributed by atoms with Crippen LogP contribution in [0.15, 0.2) is 23.6 Å². The summed E-state index contributed by atoms with van der Waals surface area (Å²) < 4.78 is 26.0. The number of hydrogen-bond acceptors (Lipinski definition) is 4. The average Bonchev–Trinajstić information content (AvgIpc) is 2.96. The van der Waals surface area contributed by atoms with Crippen LogP contribution in [0.1, 0.15) is 34.7 Å². The standard InChI is InChI=1S/C15H15F2N3O2S/c1-8(2)6-18-14(22)12-7-23-15(19-12)20-13(21)9-3-4-10(16)11(17)5-9/h3-5,7-8H,6H2,1-2H3,(H,18,22)(H,19,20,21). The fraction of sp³-hybridized carbons (Fsp3) is 0.267. The van der Waals surface area contributed by atoms with Gasteiger partial charge in [0, 0.05) is 17.5 Å². The van der Waals surface area contributed by atoms with Crippen LogP contribution in [0.2, 0.25) is 0 Å². The van der Waals surface area contributed by atoms with E-state index in [-0.39, 0.29) is 22.3 Å². The first-order valence-electron chi connectivity index (χ1n) is 6.87. The van der Waals surface area contributed by atoms with Gasteiger partial charge in [-0.3, -0.25) is 14.9 Å². The van der Waals surface area contributed by atoms with Crippen molar-refractivity contribution in [1.82, 2.24) is 10.3 Å². The van der Waals surface area contributed by atoms with Crippen LogP contribution in [0.4, 0.5) is 13.9 Å². The van der Waals surface area contributed by atoms with E-state index in [2.05, 4.69) is 15.6 Å². The van der Waals surface area contributed by atoms with Gasteiger partial charge in [-0.05, 0) is 24.1 Å². The minimum absolute atomic E-state index is 0.0371. The first-order valence-corrected chi connectivity index (χ1v) is 7.75. The number of hydrogen-bond donors (Lipinski definition) is 2. The molecule has 0 aliphatic rings. The summed E-state index contributed by atoms with van der Waals surface area (Å²) in [7, 11) is 0. The number of anilines is 1. The Bertz CT molecular complexity index is 731. The molecule has 8 heteroatoms. The maximum absolute atomic E-state index is 13.1. The lowest BCUT2D eigenvalue weighted by Gasteiger charge is -2.05. The molecule has 0 aliphatic heterocycles. The molecule has 0 fully saturated rings. The van der Waals surface area contributed by atoms with E-state index < -0.39 is 17.5 Å². The highest BCUT2D eigenvalue weighted by Crippen LogP contribution is 2.17. The van der Waals surface area contributed by atoms with Crippen molar-refractivity contribution in [2.24, 2.45) is 5.92 Å². The molecule has 2 aromatic rings. The van der Waals surface area contributed by atoms with Gasteiger partial charge in [-0.1, -0.05) is 13.8 Å². The number of benzene rings is 1. The molecule has 0 saturated carbocycles. The van der Waals surface area contributed by atoms with E-state index in [9.17, 15) is 18.4 Å². The lowest BCUT2D eigenvalue weighted by molar-refractivity contribution is 0.0943. The molecule has 0 spiro atoms. The van der Waals surface area contributed by atoms with E-state index >= 15 is 0 Å². The Morgan fingerprint density at radius 3 is 2.61 bits per heavy atom. The van der Waals surface area contributed by atoms with Crippen LogP contribution in [-0.2, 0) is 0 Å². The fourth-order valence-electron chi connectivity index (χ4n) is 1.63. The third-order valence-corrected chi connectivity index (χ3v) is 3.57. The Kier molecular flexibility index (Phi) is 5.38. The number of thiazole rings is 1. The molecule has 2 amide bonds. The molecule has 0 radical (unpaired) electrons. The van der Waals surface area contributed by atoms with E-state index in [0.29, 0.717) is 12.5 Å². The van der Waals surface area contributed by atoms with Gasteiger partial charge in [-0.2, -0.15) is 0 Å². The maximum Gasteiger partial charge on any atom is 0.270 e. The summed E-state index contributed by atoms with van der Waals surface area (Å²) in [5, 5.41) is 6.87. The van der Waals surface area contributed by atoms with Gasteiger partial charge in [0.25, 0.3) is 11.8 Å². The number of halogens is 2. The molecule has 122 valence electrons. The quantitative estimate of drug-likeness (QED) is 0.879. The zero-order valence-corrected chi connectivity index (χ0v) is 13.3. The van der Waals surface area contributed by atoms with E-state index in [1.807, 2.05) is 13.8 Å². The van der Waals surface area contributed by atoms with E-state index in [1.165, 1.54) is 5.38 Å². The lowest BCUT2D eigenvalue weighted by Crippen LogP contribution is -2.27. The highest BCUT2D eigenvalue weighted by molar-refractivity contribution is 7.14. The summed E-state index contributed by atoms with van der Waals surface area (Å²) in [5.74, 6) is -2.79. The van der Waals surface area contributed by atoms with Crippen molar-refractivity contribution in [1.29, 1.82) is 0 Å². The minimum atomic E-state index is -1.11. The summed E-state index contributed by atoms with van der Waals surface area (Å²) in [6, 6.07) is 2.84. The third-order valence-electron chi connectivity index (χ3n) is 2.81. The third kappa shape index (κ3) is 4.56.